The molecule has 0 N–H and O–H groups in total. The number of epoxide rings is 1. The van der Waals surface area contributed by atoms with Crippen molar-refractivity contribution in [2.75, 3.05) is 6.61 Å². The number of hydrogen-bond acceptors (Lipinski definition) is 1. The zero-order valence-corrected chi connectivity index (χ0v) is 4.03. The zero-order valence-electron chi connectivity index (χ0n) is 3.28. The van der Waals surface area contributed by atoms with E-state index < -0.39 is 0 Å². The second-order valence-corrected chi connectivity index (χ2v) is 1.75. The summed E-state index contributed by atoms with van der Waals surface area (Å²) in [6.07, 6.45) is 0.173. The van der Waals surface area contributed by atoms with Gasteiger partial charge in [-0.05, 0) is 0 Å². The van der Waals surface area contributed by atoms with Crippen LogP contribution >= 0.6 is 11.6 Å². The SMILES string of the molecule is C=C(Cl)C1CO1. The van der Waals surface area contributed by atoms with Gasteiger partial charge in [-0.25, -0.2) is 0 Å². The van der Waals surface area contributed by atoms with Crippen molar-refractivity contribution >= 4 is 11.6 Å². The molecule has 0 aromatic heterocycles. The zero-order chi connectivity index (χ0) is 4.57. The summed E-state index contributed by atoms with van der Waals surface area (Å²) in [5.74, 6) is 0. The number of halogens is 1. The van der Waals surface area contributed by atoms with Crippen molar-refractivity contribution in [3.05, 3.63) is 11.6 Å². The predicted octanol–water partition coefficient (Wildman–Crippen LogP) is 1.14. The van der Waals surface area contributed by atoms with E-state index >= 15 is 0 Å². The summed E-state index contributed by atoms with van der Waals surface area (Å²) < 4.78 is 4.74. The first-order chi connectivity index (χ1) is 2.80. The minimum absolute atomic E-state index is 0.173. The van der Waals surface area contributed by atoms with Gasteiger partial charge in [0.2, 0.25) is 0 Å². The molecule has 1 saturated heterocycles. The molecule has 0 aromatic rings. The molecule has 0 bridgehead atoms. The molecule has 1 rings (SSSR count). The predicted molar refractivity (Wildman–Crippen MR) is 24.7 cm³/mol. The van der Waals surface area contributed by atoms with Crippen LogP contribution in [0.2, 0.25) is 0 Å². The van der Waals surface area contributed by atoms with Crippen molar-refractivity contribution in [3.63, 3.8) is 0 Å². The van der Waals surface area contributed by atoms with Gasteiger partial charge in [-0.3, -0.25) is 0 Å². The van der Waals surface area contributed by atoms with Crippen LogP contribution < -0.4 is 0 Å². The highest BCUT2D eigenvalue weighted by Crippen LogP contribution is 2.19. The molecule has 1 heterocycles. The van der Waals surface area contributed by atoms with E-state index in [2.05, 4.69) is 6.58 Å². The van der Waals surface area contributed by atoms with Crippen molar-refractivity contribution in [2.45, 2.75) is 6.10 Å². The first-order valence-electron chi connectivity index (χ1n) is 1.76. The summed E-state index contributed by atoms with van der Waals surface area (Å²) in [4.78, 5) is 0. The molecular weight excluding hydrogens is 99.5 g/mol. The molecule has 0 aliphatic carbocycles. The maximum absolute atomic E-state index is 5.36. The van der Waals surface area contributed by atoms with Crippen LogP contribution in [-0.2, 0) is 4.74 Å². The average Bonchev–Trinajstić information content (AvgIpc) is 2.06. The third-order valence-electron chi connectivity index (χ3n) is 0.683. The van der Waals surface area contributed by atoms with Crippen molar-refractivity contribution in [2.24, 2.45) is 0 Å². The lowest BCUT2D eigenvalue weighted by Gasteiger charge is -1.76. The van der Waals surface area contributed by atoms with Crippen molar-refractivity contribution in [1.82, 2.24) is 0 Å². The van der Waals surface area contributed by atoms with Crippen LogP contribution in [0.3, 0.4) is 0 Å². The second kappa shape index (κ2) is 1.24. The van der Waals surface area contributed by atoms with Gasteiger partial charge in [-0.2, -0.15) is 0 Å². The maximum Gasteiger partial charge on any atom is 0.116 e. The molecule has 0 spiro atoms. The molecule has 1 aliphatic heterocycles. The van der Waals surface area contributed by atoms with Gasteiger partial charge < -0.3 is 4.74 Å². The Labute approximate surface area is 41.6 Å². The lowest BCUT2D eigenvalue weighted by atomic mass is 10.5. The molecule has 1 unspecified atom stereocenters. The molecule has 1 fully saturated rings. The Morgan fingerprint density at radius 2 is 2.50 bits per heavy atom. The first-order valence-corrected chi connectivity index (χ1v) is 2.14. The normalized spacial score (nSPS) is 29.8. The van der Waals surface area contributed by atoms with E-state index in [1.54, 1.807) is 0 Å². The third-order valence-corrected chi connectivity index (χ3v) is 0.926. The molecule has 6 heavy (non-hydrogen) atoms. The van der Waals surface area contributed by atoms with Gasteiger partial charge in [0.05, 0.1) is 6.61 Å². The van der Waals surface area contributed by atoms with E-state index in [0.29, 0.717) is 5.03 Å². The molecular formula is C4H5ClO. The fourth-order valence-corrected chi connectivity index (χ4v) is 0.355. The monoisotopic (exact) mass is 104 g/mol. The van der Waals surface area contributed by atoms with E-state index in [4.69, 9.17) is 16.3 Å². The van der Waals surface area contributed by atoms with Crippen LogP contribution in [0.4, 0.5) is 0 Å². The van der Waals surface area contributed by atoms with Gasteiger partial charge >= 0.3 is 0 Å². The van der Waals surface area contributed by atoms with Crippen LogP contribution in [0.1, 0.15) is 0 Å². The van der Waals surface area contributed by atoms with Gasteiger partial charge in [0, 0.05) is 5.03 Å². The smallest absolute Gasteiger partial charge is 0.116 e. The maximum atomic E-state index is 5.36. The number of ether oxygens (including phenoxy) is 1. The highest BCUT2D eigenvalue weighted by atomic mass is 35.5. The fourth-order valence-electron chi connectivity index (χ4n) is 0.229. The Morgan fingerprint density at radius 3 is 2.50 bits per heavy atom. The van der Waals surface area contributed by atoms with Gasteiger partial charge in [0.1, 0.15) is 6.10 Å². The highest BCUT2D eigenvalue weighted by molar-refractivity contribution is 6.30. The summed E-state index contributed by atoms with van der Waals surface area (Å²) in [5.41, 5.74) is 0. The Hall–Kier alpha value is -0.0100. The van der Waals surface area contributed by atoms with Gasteiger partial charge in [0.25, 0.3) is 0 Å². The van der Waals surface area contributed by atoms with Gasteiger partial charge in [0.15, 0.2) is 0 Å². The second-order valence-electron chi connectivity index (χ2n) is 1.27. The standard InChI is InChI=1S/C4H5ClO/c1-3(5)4-2-6-4/h4H,1-2H2. The molecule has 1 aliphatic rings. The number of rotatable bonds is 1. The van der Waals surface area contributed by atoms with Crippen LogP contribution in [0.25, 0.3) is 0 Å². The summed E-state index contributed by atoms with van der Waals surface area (Å²) in [7, 11) is 0. The molecule has 2 heteroatoms. The summed E-state index contributed by atoms with van der Waals surface area (Å²) in [6.45, 7) is 4.22. The Morgan fingerprint density at radius 1 is 2.00 bits per heavy atom. The summed E-state index contributed by atoms with van der Waals surface area (Å²) in [6, 6.07) is 0. The number of hydrogen-bond donors (Lipinski definition) is 0. The lowest BCUT2D eigenvalue weighted by Crippen LogP contribution is -1.76. The third kappa shape index (κ3) is 0.730. The van der Waals surface area contributed by atoms with Gasteiger partial charge in [-0.1, -0.05) is 18.2 Å². The molecule has 0 radical (unpaired) electrons. The fraction of sp³-hybridized carbons (Fsp3) is 0.500. The van der Waals surface area contributed by atoms with Crippen LogP contribution in [0.15, 0.2) is 11.6 Å². The molecule has 0 saturated carbocycles. The topological polar surface area (TPSA) is 12.5 Å². The lowest BCUT2D eigenvalue weighted by molar-refractivity contribution is 0.437. The van der Waals surface area contributed by atoms with E-state index in [0.717, 1.165) is 6.61 Å². The summed E-state index contributed by atoms with van der Waals surface area (Å²) in [5, 5.41) is 0.620. The molecule has 0 amide bonds. The minimum Gasteiger partial charge on any atom is -0.367 e. The first kappa shape index (κ1) is 4.16. The van der Waals surface area contributed by atoms with Crippen molar-refractivity contribution in [1.29, 1.82) is 0 Å². The van der Waals surface area contributed by atoms with Crippen molar-refractivity contribution < 1.29 is 4.74 Å². The quantitative estimate of drug-likeness (QED) is 0.455. The largest absolute Gasteiger partial charge is 0.367 e. The van der Waals surface area contributed by atoms with E-state index in [1.165, 1.54) is 0 Å². The van der Waals surface area contributed by atoms with Gasteiger partial charge in [-0.15, -0.1) is 0 Å². The molecule has 34 valence electrons. The van der Waals surface area contributed by atoms with E-state index in [9.17, 15) is 0 Å². The Bertz CT molecular complexity index is 75.6. The van der Waals surface area contributed by atoms with Crippen LogP contribution in [0.5, 0.6) is 0 Å². The minimum atomic E-state index is 0.173. The van der Waals surface area contributed by atoms with E-state index in [1.807, 2.05) is 0 Å². The van der Waals surface area contributed by atoms with Crippen molar-refractivity contribution in [3.8, 4) is 0 Å². The molecule has 0 aromatic carbocycles. The molecule has 1 nitrogen and oxygen atoms in total. The van der Waals surface area contributed by atoms with Crippen LogP contribution in [0, 0.1) is 0 Å². The Balaban J connectivity index is 2.31. The summed E-state index contributed by atoms with van der Waals surface area (Å²) >= 11 is 5.36. The Kier molecular flexibility index (Phi) is 0.862. The highest BCUT2D eigenvalue weighted by Gasteiger charge is 2.23. The van der Waals surface area contributed by atoms with E-state index in [-0.39, 0.29) is 6.10 Å². The average molecular weight is 105 g/mol. The van der Waals surface area contributed by atoms with Crippen LogP contribution in [-0.4, -0.2) is 12.7 Å². The molecule has 1 atom stereocenters.